The molecule has 0 atom stereocenters. The number of H-pyrrole nitrogens is 1. The van der Waals surface area contributed by atoms with Gasteiger partial charge in [0.15, 0.2) is 0 Å². The highest BCUT2D eigenvalue weighted by Gasteiger charge is 2.34. The smallest absolute Gasteiger partial charge is 0.137 e. The summed E-state index contributed by atoms with van der Waals surface area (Å²) in [5, 5.41) is 1.32. The maximum Gasteiger partial charge on any atom is 0.137 e. The van der Waals surface area contributed by atoms with Crippen LogP contribution >= 0.6 is 0 Å². The molecule has 0 amide bonds. The lowest BCUT2D eigenvalue weighted by molar-refractivity contribution is 0.0695. The van der Waals surface area contributed by atoms with Crippen molar-refractivity contribution in [1.82, 2.24) is 14.9 Å². The van der Waals surface area contributed by atoms with Crippen molar-refractivity contribution < 1.29 is 0 Å². The van der Waals surface area contributed by atoms with Crippen molar-refractivity contribution in [2.75, 3.05) is 13.1 Å². The molecule has 2 fully saturated rings. The summed E-state index contributed by atoms with van der Waals surface area (Å²) in [6, 6.07) is 5.24. The van der Waals surface area contributed by atoms with Gasteiger partial charge < -0.3 is 4.98 Å². The van der Waals surface area contributed by atoms with Crippen molar-refractivity contribution in [3.8, 4) is 0 Å². The van der Waals surface area contributed by atoms with E-state index in [2.05, 4.69) is 27.0 Å². The fourth-order valence-electron chi connectivity index (χ4n) is 3.79. The predicted octanol–water partition coefficient (Wildman–Crippen LogP) is 3.29. The predicted molar refractivity (Wildman–Crippen MR) is 77.3 cm³/mol. The number of fused-ring (bicyclic) bond motifs is 1. The van der Waals surface area contributed by atoms with Gasteiger partial charge in [-0.25, -0.2) is 4.98 Å². The summed E-state index contributed by atoms with van der Waals surface area (Å²) in [6.45, 7) is 2.49. The van der Waals surface area contributed by atoms with E-state index in [0.29, 0.717) is 5.92 Å². The first kappa shape index (κ1) is 11.5. The molecule has 0 spiro atoms. The standard InChI is InChI=1S/C16H21N3/c1-2-4-13(5-3-1)19-10-12(11-19)14-6-8-17-16-15(14)7-9-18-16/h6-9,12-13H,1-5,10-11H2,(H,17,18). The summed E-state index contributed by atoms with van der Waals surface area (Å²) < 4.78 is 0. The Morgan fingerprint density at radius 2 is 1.95 bits per heavy atom. The summed E-state index contributed by atoms with van der Waals surface area (Å²) in [6.07, 6.45) is 11.1. The normalized spacial score (nSPS) is 22.7. The largest absolute Gasteiger partial charge is 0.346 e. The van der Waals surface area contributed by atoms with E-state index in [4.69, 9.17) is 0 Å². The maximum absolute atomic E-state index is 4.38. The van der Waals surface area contributed by atoms with Crippen LogP contribution in [0.4, 0.5) is 0 Å². The molecular formula is C16H21N3. The molecule has 0 unspecified atom stereocenters. The Labute approximate surface area is 114 Å². The number of hydrogen-bond donors (Lipinski definition) is 1. The first-order valence-corrected chi connectivity index (χ1v) is 7.58. The first-order chi connectivity index (χ1) is 9.42. The van der Waals surface area contributed by atoms with E-state index in [0.717, 1.165) is 11.7 Å². The number of aromatic amines is 1. The van der Waals surface area contributed by atoms with Crippen LogP contribution in [-0.2, 0) is 0 Å². The monoisotopic (exact) mass is 255 g/mol. The van der Waals surface area contributed by atoms with Gasteiger partial charge in [0.1, 0.15) is 5.65 Å². The maximum atomic E-state index is 4.38. The van der Waals surface area contributed by atoms with Crippen molar-refractivity contribution in [2.45, 2.75) is 44.1 Å². The zero-order valence-corrected chi connectivity index (χ0v) is 11.3. The molecule has 19 heavy (non-hydrogen) atoms. The lowest BCUT2D eigenvalue weighted by atomic mass is 9.85. The third-order valence-corrected chi connectivity index (χ3v) is 4.93. The van der Waals surface area contributed by atoms with Crippen molar-refractivity contribution in [1.29, 1.82) is 0 Å². The van der Waals surface area contributed by atoms with Crippen LogP contribution in [0, 0.1) is 0 Å². The fourth-order valence-corrected chi connectivity index (χ4v) is 3.79. The Morgan fingerprint density at radius 1 is 1.11 bits per heavy atom. The van der Waals surface area contributed by atoms with Gasteiger partial charge in [0, 0.05) is 42.8 Å². The van der Waals surface area contributed by atoms with Crippen LogP contribution in [0.5, 0.6) is 0 Å². The number of rotatable bonds is 2. The third-order valence-electron chi connectivity index (χ3n) is 4.93. The molecule has 1 aliphatic carbocycles. The van der Waals surface area contributed by atoms with Gasteiger partial charge in [-0.2, -0.15) is 0 Å². The lowest BCUT2D eigenvalue weighted by Gasteiger charge is -2.46. The summed E-state index contributed by atoms with van der Waals surface area (Å²) in [7, 11) is 0. The molecule has 0 radical (unpaired) electrons. The van der Waals surface area contributed by atoms with Gasteiger partial charge in [0.05, 0.1) is 0 Å². The zero-order valence-electron chi connectivity index (χ0n) is 11.3. The average molecular weight is 255 g/mol. The minimum Gasteiger partial charge on any atom is -0.346 e. The van der Waals surface area contributed by atoms with Gasteiger partial charge in [-0.15, -0.1) is 0 Å². The first-order valence-electron chi connectivity index (χ1n) is 7.58. The number of aromatic nitrogens is 2. The van der Waals surface area contributed by atoms with Crippen LogP contribution in [0.15, 0.2) is 24.5 Å². The van der Waals surface area contributed by atoms with Gasteiger partial charge in [0.2, 0.25) is 0 Å². The third kappa shape index (κ3) is 1.96. The summed E-state index contributed by atoms with van der Waals surface area (Å²) in [5.74, 6) is 0.711. The topological polar surface area (TPSA) is 31.9 Å². The molecule has 0 aromatic carbocycles. The van der Waals surface area contributed by atoms with Crippen LogP contribution < -0.4 is 0 Å². The summed E-state index contributed by atoms with van der Waals surface area (Å²) in [5.41, 5.74) is 2.52. The Hall–Kier alpha value is -1.35. The van der Waals surface area contributed by atoms with Crippen LogP contribution in [-0.4, -0.2) is 34.0 Å². The molecule has 1 saturated carbocycles. The van der Waals surface area contributed by atoms with Gasteiger partial charge in [-0.1, -0.05) is 19.3 Å². The molecule has 3 nitrogen and oxygen atoms in total. The highest BCUT2D eigenvalue weighted by molar-refractivity contribution is 5.80. The highest BCUT2D eigenvalue weighted by Crippen LogP contribution is 2.35. The van der Waals surface area contributed by atoms with Crippen molar-refractivity contribution in [3.63, 3.8) is 0 Å². The van der Waals surface area contributed by atoms with Crippen LogP contribution in [0.2, 0.25) is 0 Å². The van der Waals surface area contributed by atoms with Gasteiger partial charge >= 0.3 is 0 Å². The van der Waals surface area contributed by atoms with E-state index in [1.807, 2.05) is 12.4 Å². The molecule has 1 aliphatic heterocycles. The van der Waals surface area contributed by atoms with Gasteiger partial charge in [-0.3, -0.25) is 4.90 Å². The molecule has 4 rings (SSSR count). The van der Waals surface area contributed by atoms with E-state index in [-0.39, 0.29) is 0 Å². The molecule has 3 heteroatoms. The minimum atomic E-state index is 0.711. The van der Waals surface area contributed by atoms with E-state index in [1.54, 1.807) is 0 Å². The van der Waals surface area contributed by atoms with Crippen molar-refractivity contribution in [2.24, 2.45) is 0 Å². The number of nitrogens with zero attached hydrogens (tertiary/aromatic N) is 2. The van der Waals surface area contributed by atoms with Crippen LogP contribution in [0.3, 0.4) is 0 Å². The van der Waals surface area contributed by atoms with Gasteiger partial charge in [-0.05, 0) is 30.5 Å². The Kier molecular flexibility index (Phi) is 2.80. The Morgan fingerprint density at radius 3 is 2.79 bits per heavy atom. The number of pyridine rings is 1. The Balaban J connectivity index is 1.49. The molecule has 2 aliphatic rings. The fraction of sp³-hybridized carbons (Fsp3) is 0.562. The van der Waals surface area contributed by atoms with Crippen molar-refractivity contribution >= 4 is 11.0 Å². The average Bonchev–Trinajstić information content (AvgIpc) is 2.87. The number of likely N-dealkylation sites (tertiary alicyclic amines) is 1. The zero-order chi connectivity index (χ0) is 12.7. The minimum absolute atomic E-state index is 0.711. The summed E-state index contributed by atoms with van der Waals surface area (Å²) >= 11 is 0. The lowest BCUT2D eigenvalue weighted by Crippen LogP contribution is -2.51. The van der Waals surface area contributed by atoms with E-state index >= 15 is 0 Å². The second kappa shape index (κ2) is 4.64. The van der Waals surface area contributed by atoms with E-state index in [9.17, 15) is 0 Å². The number of hydrogen-bond acceptors (Lipinski definition) is 2. The highest BCUT2D eigenvalue weighted by atomic mass is 15.2. The van der Waals surface area contributed by atoms with Crippen LogP contribution in [0.1, 0.15) is 43.6 Å². The molecule has 3 heterocycles. The Bertz CT molecular complexity index is 562. The summed E-state index contributed by atoms with van der Waals surface area (Å²) in [4.78, 5) is 10.3. The molecule has 100 valence electrons. The second-order valence-electron chi connectivity index (χ2n) is 6.08. The van der Waals surface area contributed by atoms with Crippen LogP contribution in [0.25, 0.3) is 11.0 Å². The molecule has 2 aromatic heterocycles. The molecule has 1 N–H and O–H groups in total. The van der Waals surface area contributed by atoms with E-state index < -0.39 is 0 Å². The number of nitrogens with one attached hydrogen (secondary N) is 1. The van der Waals surface area contributed by atoms with Gasteiger partial charge in [0.25, 0.3) is 0 Å². The van der Waals surface area contributed by atoms with Crippen molar-refractivity contribution in [3.05, 3.63) is 30.1 Å². The quantitative estimate of drug-likeness (QED) is 0.893. The second-order valence-corrected chi connectivity index (χ2v) is 6.08. The molecular weight excluding hydrogens is 234 g/mol. The molecule has 2 aromatic rings. The van der Waals surface area contributed by atoms with E-state index in [1.165, 1.54) is 56.1 Å². The molecule has 1 saturated heterocycles. The molecule has 0 bridgehead atoms. The SMILES string of the molecule is c1cc(C2CN(C3CCCCC3)C2)c2cc[nH]c2n1.